The van der Waals surface area contributed by atoms with Crippen molar-refractivity contribution in [2.75, 3.05) is 0 Å². The van der Waals surface area contributed by atoms with Gasteiger partial charge in [-0.1, -0.05) is 56.3 Å². The number of carbonyl (C=O) groups excluding carboxylic acids is 1. The van der Waals surface area contributed by atoms with Gasteiger partial charge in [0.1, 0.15) is 0 Å². The average molecular weight is 313 g/mol. The van der Waals surface area contributed by atoms with Gasteiger partial charge in [-0.3, -0.25) is 9.59 Å². The second-order valence-electron chi connectivity index (χ2n) is 6.22. The highest BCUT2D eigenvalue weighted by Crippen LogP contribution is 2.26. The number of nitrogens with one attached hydrogen (secondary N) is 1. The third-order valence-electron chi connectivity index (χ3n) is 3.86. The highest BCUT2D eigenvalue weighted by Gasteiger charge is 2.20. The maximum Gasteiger partial charge on any atom is 0.305 e. The van der Waals surface area contributed by atoms with E-state index in [0.29, 0.717) is 12.3 Å². The van der Waals surface area contributed by atoms with E-state index in [-0.39, 0.29) is 12.3 Å². The second kappa shape index (κ2) is 7.77. The highest BCUT2D eigenvalue weighted by atomic mass is 16.4. The van der Waals surface area contributed by atoms with Crippen LogP contribution in [0.5, 0.6) is 0 Å². The van der Waals surface area contributed by atoms with Crippen LogP contribution >= 0.6 is 0 Å². The summed E-state index contributed by atoms with van der Waals surface area (Å²) in [5.74, 6) is -0.582. The summed E-state index contributed by atoms with van der Waals surface area (Å²) in [6, 6.07) is 13.1. The summed E-state index contributed by atoms with van der Waals surface area (Å²) in [5.41, 5.74) is 0.850. The van der Waals surface area contributed by atoms with E-state index in [1.54, 1.807) is 0 Å². The van der Waals surface area contributed by atoms with Gasteiger partial charge in [-0.15, -0.1) is 0 Å². The van der Waals surface area contributed by atoms with E-state index in [1.165, 1.54) is 0 Å². The molecule has 1 amide bonds. The molecule has 23 heavy (non-hydrogen) atoms. The molecule has 0 unspecified atom stereocenters. The molecule has 0 spiro atoms. The number of hydrogen-bond acceptors (Lipinski definition) is 2. The lowest BCUT2D eigenvalue weighted by Crippen LogP contribution is -2.30. The van der Waals surface area contributed by atoms with E-state index in [4.69, 9.17) is 0 Å². The molecule has 0 radical (unpaired) electrons. The second-order valence-corrected chi connectivity index (χ2v) is 6.22. The zero-order valence-corrected chi connectivity index (χ0v) is 13.6. The summed E-state index contributed by atoms with van der Waals surface area (Å²) >= 11 is 0. The van der Waals surface area contributed by atoms with Gasteiger partial charge in [-0.25, -0.2) is 0 Å². The van der Waals surface area contributed by atoms with Gasteiger partial charge in [-0.05, 0) is 28.7 Å². The van der Waals surface area contributed by atoms with E-state index in [9.17, 15) is 14.7 Å². The van der Waals surface area contributed by atoms with Gasteiger partial charge in [0.15, 0.2) is 0 Å². The molecule has 2 aromatic rings. The van der Waals surface area contributed by atoms with Crippen LogP contribution in [0, 0.1) is 5.92 Å². The Kier molecular flexibility index (Phi) is 5.74. The van der Waals surface area contributed by atoms with Crippen LogP contribution in [0.25, 0.3) is 10.8 Å². The van der Waals surface area contributed by atoms with Gasteiger partial charge in [-0.2, -0.15) is 0 Å². The molecule has 0 aliphatic heterocycles. The summed E-state index contributed by atoms with van der Waals surface area (Å²) in [4.78, 5) is 23.4. The number of rotatable bonds is 7. The van der Waals surface area contributed by atoms with Crippen molar-refractivity contribution in [1.29, 1.82) is 0 Å². The summed E-state index contributed by atoms with van der Waals surface area (Å²) in [6.45, 7) is 4.12. The van der Waals surface area contributed by atoms with Crippen LogP contribution in [-0.4, -0.2) is 17.0 Å². The van der Waals surface area contributed by atoms with Crippen molar-refractivity contribution in [1.82, 2.24) is 5.32 Å². The Bertz CT molecular complexity index is 689. The minimum Gasteiger partial charge on any atom is -0.481 e. The Morgan fingerprint density at radius 3 is 2.48 bits per heavy atom. The van der Waals surface area contributed by atoms with E-state index in [1.807, 2.05) is 42.5 Å². The quantitative estimate of drug-likeness (QED) is 0.814. The lowest BCUT2D eigenvalue weighted by Gasteiger charge is -2.20. The monoisotopic (exact) mass is 313 g/mol. The zero-order chi connectivity index (χ0) is 16.8. The standard InChI is InChI=1S/C19H23NO3/c1-13(2)10-11-18(21)20-17(12-19(22)23)16-9-5-7-14-6-3-4-8-15(14)16/h3-9,13,17H,10-12H2,1-2H3,(H,20,21)(H,22,23)/t17-/m1/s1. The SMILES string of the molecule is CC(C)CCC(=O)N[C@H](CC(=O)O)c1cccc2ccccc12. The Hall–Kier alpha value is -2.36. The minimum atomic E-state index is -0.924. The van der Waals surface area contributed by atoms with E-state index < -0.39 is 12.0 Å². The first-order valence-electron chi connectivity index (χ1n) is 7.96. The van der Waals surface area contributed by atoms with Crippen molar-refractivity contribution in [3.63, 3.8) is 0 Å². The summed E-state index contributed by atoms with van der Waals surface area (Å²) in [5, 5.41) is 14.1. The molecule has 0 fully saturated rings. The largest absolute Gasteiger partial charge is 0.481 e. The summed E-state index contributed by atoms with van der Waals surface area (Å²) in [7, 11) is 0. The molecule has 2 N–H and O–H groups in total. The molecule has 122 valence electrons. The van der Waals surface area contributed by atoms with Crippen molar-refractivity contribution < 1.29 is 14.7 Å². The Morgan fingerprint density at radius 1 is 1.09 bits per heavy atom. The molecule has 0 aliphatic carbocycles. The Morgan fingerprint density at radius 2 is 1.78 bits per heavy atom. The lowest BCUT2D eigenvalue weighted by molar-refractivity contribution is -0.137. The number of carboxylic acid groups (broad SMARTS) is 1. The Balaban J connectivity index is 2.26. The molecule has 2 rings (SSSR count). The van der Waals surface area contributed by atoms with Crippen LogP contribution in [0.3, 0.4) is 0 Å². The molecule has 0 saturated carbocycles. The number of benzene rings is 2. The van der Waals surface area contributed by atoms with Crippen molar-refractivity contribution in [2.24, 2.45) is 5.92 Å². The number of fused-ring (bicyclic) bond motifs is 1. The van der Waals surface area contributed by atoms with Crippen LogP contribution in [0.15, 0.2) is 42.5 Å². The van der Waals surface area contributed by atoms with Gasteiger partial charge >= 0.3 is 5.97 Å². The summed E-state index contributed by atoms with van der Waals surface area (Å²) < 4.78 is 0. The third kappa shape index (κ3) is 4.81. The number of aliphatic carboxylic acids is 1. The molecule has 0 saturated heterocycles. The fourth-order valence-corrected chi connectivity index (χ4v) is 2.65. The fourth-order valence-electron chi connectivity index (χ4n) is 2.65. The van der Waals surface area contributed by atoms with Crippen molar-refractivity contribution in [2.45, 2.75) is 39.2 Å². The van der Waals surface area contributed by atoms with Crippen LogP contribution in [0.1, 0.15) is 44.7 Å². The van der Waals surface area contributed by atoms with Gasteiger partial charge < -0.3 is 10.4 Å². The average Bonchev–Trinajstić information content (AvgIpc) is 2.51. The molecule has 0 aliphatic rings. The topological polar surface area (TPSA) is 66.4 Å². The normalized spacial score (nSPS) is 12.3. The van der Waals surface area contributed by atoms with Gasteiger partial charge in [0.25, 0.3) is 0 Å². The Labute approximate surface area is 136 Å². The molecular weight excluding hydrogens is 290 g/mol. The van der Waals surface area contributed by atoms with E-state index in [2.05, 4.69) is 19.2 Å². The molecule has 0 aromatic heterocycles. The number of hydrogen-bond donors (Lipinski definition) is 2. The maximum absolute atomic E-state index is 12.1. The molecule has 4 heteroatoms. The predicted molar refractivity (Wildman–Crippen MR) is 91.2 cm³/mol. The molecule has 4 nitrogen and oxygen atoms in total. The smallest absolute Gasteiger partial charge is 0.305 e. The molecule has 1 atom stereocenters. The van der Waals surface area contributed by atoms with Crippen molar-refractivity contribution >= 4 is 22.6 Å². The molecule has 0 bridgehead atoms. The van der Waals surface area contributed by atoms with Gasteiger partial charge in [0.2, 0.25) is 5.91 Å². The first kappa shape index (κ1) is 17.0. The minimum absolute atomic E-state index is 0.0992. The summed E-state index contributed by atoms with van der Waals surface area (Å²) in [6.07, 6.45) is 1.08. The fraction of sp³-hybridized carbons (Fsp3) is 0.368. The third-order valence-corrected chi connectivity index (χ3v) is 3.86. The molecule has 0 heterocycles. The number of amides is 1. The lowest BCUT2D eigenvalue weighted by atomic mass is 9.96. The first-order chi connectivity index (χ1) is 11.0. The van der Waals surface area contributed by atoms with Gasteiger partial charge in [0, 0.05) is 6.42 Å². The molecular formula is C19H23NO3. The number of carboxylic acids is 1. The van der Waals surface area contributed by atoms with Crippen LogP contribution in [-0.2, 0) is 9.59 Å². The van der Waals surface area contributed by atoms with Crippen LogP contribution < -0.4 is 5.32 Å². The van der Waals surface area contributed by atoms with Crippen LogP contribution in [0.4, 0.5) is 0 Å². The zero-order valence-electron chi connectivity index (χ0n) is 13.6. The van der Waals surface area contributed by atoms with E-state index >= 15 is 0 Å². The number of carbonyl (C=O) groups is 2. The predicted octanol–water partition coefficient (Wildman–Crippen LogP) is 3.91. The van der Waals surface area contributed by atoms with Crippen molar-refractivity contribution in [3.05, 3.63) is 48.0 Å². The van der Waals surface area contributed by atoms with Gasteiger partial charge in [0.05, 0.1) is 12.5 Å². The molecule has 2 aromatic carbocycles. The van der Waals surface area contributed by atoms with E-state index in [0.717, 1.165) is 22.8 Å². The maximum atomic E-state index is 12.1. The van der Waals surface area contributed by atoms with Crippen molar-refractivity contribution in [3.8, 4) is 0 Å². The first-order valence-corrected chi connectivity index (χ1v) is 7.96. The highest BCUT2D eigenvalue weighted by molar-refractivity contribution is 5.87. The van der Waals surface area contributed by atoms with Crippen LogP contribution in [0.2, 0.25) is 0 Å².